The summed E-state index contributed by atoms with van der Waals surface area (Å²) < 4.78 is 11.2. The van der Waals surface area contributed by atoms with Gasteiger partial charge in [-0.3, -0.25) is 4.21 Å². The van der Waals surface area contributed by atoms with Gasteiger partial charge in [0.15, 0.2) is 0 Å². The van der Waals surface area contributed by atoms with Crippen LogP contribution in [0, 0.1) is 0 Å². The number of aromatic amines is 1. The van der Waals surface area contributed by atoms with Crippen LogP contribution in [0.25, 0.3) is 11.0 Å². The second-order valence-electron chi connectivity index (χ2n) is 4.15. The molecule has 0 amide bonds. The van der Waals surface area contributed by atoms with Crippen molar-refractivity contribution in [3.8, 4) is 0 Å². The predicted molar refractivity (Wildman–Crippen MR) is 71.3 cm³/mol. The molecule has 4 nitrogen and oxygen atoms in total. The van der Waals surface area contributed by atoms with Crippen LogP contribution in [0.3, 0.4) is 0 Å². The summed E-state index contributed by atoms with van der Waals surface area (Å²) >= 11 is 0. The van der Waals surface area contributed by atoms with E-state index in [0.29, 0.717) is 0 Å². The number of aromatic nitrogens is 2. The SMILES string of the molecule is CC(CNCc1c[nH]c2ncccc12)S(C)=O. The molecular formula is C12H17N3OS. The number of fused-ring (bicyclic) bond motifs is 1. The molecule has 0 aliphatic heterocycles. The quantitative estimate of drug-likeness (QED) is 0.845. The fraction of sp³-hybridized carbons (Fsp3) is 0.417. The Kier molecular flexibility index (Phi) is 3.91. The van der Waals surface area contributed by atoms with Crippen molar-refractivity contribution in [1.82, 2.24) is 15.3 Å². The molecule has 2 rings (SSSR count). The molecule has 2 heterocycles. The van der Waals surface area contributed by atoms with Crippen LogP contribution < -0.4 is 5.32 Å². The fourth-order valence-corrected chi connectivity index (χ4v) is 2.04. The summed E-state index contributed by atoms with van der Waals surface area (Å²) in [5, 5.41) is 4.64. The molecule has 2 aromatic heterocycles. The Hall–Kier alpha value is -1.20. The van der Waals surface area contributed by atoms with Crippen molar-refractivity contribution < 1.29 is 4.21 Å². The molecule has 0 radical (unpaired) electrons. The normalized spacial score (nSPS) is 14.9. The van der Waals surface area contributed by atoms with Crippen LogP contribution in [0.15, 0.2) is 24.5 Å². The third-order valence-corrected chi connectivity index (χ3v) is 4.15. The highest BCUT2D eigenvalue weighted by Gasteiger charge is 2.07. The zero-order valence-corrected chi connectivity index (χ0v) is 10.9. The van der Waals surface area contributed by atoms with Gasteiger partial charge in [0.05, 0.1) is 0 Å². The van der Waals surface area contributed by atoms with Crippen molar-refractivity contribution in [2.75, 3.05) is 12.8 Å². The maximum atomic E-state index is 11.2. The van der Waals surface area contributed by atoms with E-state index in [1.807, 2.05) is 19.2 Å². The van der Waals surface area contributed by atoms with Gasteiger partial charge < -0.3 is 10.3 Å². The van der Waals surface area contributed by atoms with Crippen LogP contribution in [-0.4, -0.2) is 32.2 Å². The van der Waals surface area contributed by atoms with E-state index in [4.69, 9.17) is 0 Å². The maximum Gasteiger partial charge on any atom is 0.137 e. The van der Waals surface area contributed by atoms with Gasteiger partial charge in [0.25, 0.3) is 0 Å². The number of hydrogen-bond donors (Lipinski definition) is 2. The Morgan fingerprint density at radius 2 is 2.41 bits per heavy atom. The number of hydrogen-bond acceptors (Lipinski definition) is 3. The second kappa shape index (κ2) is 5.42. The first-order chi connectivity index (χ1) is 8.18. The highest BCUT2D eigenvalue weighted by Crippen LogP contribution is 2.14. The Balaban J connectivity index is 1.98. The molecule has 17 heavy (non-hydrogen) atoms. The first-order valence-corrected chi connectivity index (χ1v) is 7.24. The Bertz CT molecular complexity index is 523. The first-order valence-electron chi connectivity index (χ1n) is 5.62. The second-order valence-corrected chi connectivity index (χ2v) is 5.96. The molecule has 2 unspecified atom stereocenters. The Morgan fingerprint density at radius 3 is 3.18 bits per heavy atom. The Labute approximate surface area is 103 Å². The lowest BCUT2D eigenvalue weighted by atomic mass is 10.2. The van der Waals surface area contributed by atoms with E-state index in [9.17, 15) is 4.21 Å². The van der Waals surface area contributed by atoms with Gasteiger partial charge in [-0.15, -0.1) is 0 Å². The maximum absolute atomic E-state index is 11.2. The van der Waals surface area contributed by atoms with Gasteiger partial charge in [-0.05, 0) is 24.6 Å². The van der Waals surface area contributed by atoms with Gasteiger partial charge in [0.1, 0.15) is 5.65 Å². The first kappa shape index (κ1) is 12.3. The molecule has 5 heteroatoms. The monoisotopic (exact) mass is 251 g/mol. The minimum Gasteiger partial charge on any atom is -0.346 e. The average Bonchev–Trinajstić information content (AvgIpc) is 2.72. The van der Waals surface area contributed by atoms with E-state index in [1.54, 1.807) is 12.5 Å². The van der Waals surface area contributed by atoms with Crippen LogP contribution in [-0.2, 0) is 17.3 Å². The van der Waals surface area contributed by atoms with Crippen molar-refractivity contribution >= 4 is 21.8 Å². The van der Waals surface area contributed by atoms with Crippen LogP contribution in [0.5, 0.6) is 0 Å². The van der Waals surface area contributed by atoms with Crippen LogP contribution in [0.2, 0.25) is 0 Å². The van der Waals surface area contributed by atoms with Gasteiger partial charge in [-0.2, -0.15) is 0 Å². The molecule has 0 aromatic carbocycles. The number of nitrogens with zero attached hydrogens (tertiary/aromatic N) is 1. The molecule has 0 aliphatic carbocycles. The Morgan fingerprint density at radius 1 is 1.59 bits per heavy atom. The minimum atomic E-state index is -0.768. The smallest absolute Gasteiger partial charge is 0.137 e. The largest absolute Gasteiger partial charge is 0.346 e. The molecule has 2 aromatic rings. The fourth-order valence-electron chi connectivity index (χ4n) is 1.69. The number of pyridine rings is 1. The number of rotatable bonds is 5. The summed E-state index contributed by atoms with van der Waals surface area (Å²) in [5.74, 6) is 0. The van der Waals surface area contributed by atoms with E-state index >= 15 is 0 Å². The van der Waals surface area contributed by atoms with Gasteiger partial charge in [0, 0.05) is 53.2 Å². The van der Waals surface area contributed by atoms with Gasteiger partial charge in [-0.25, -0.2) is 4.98 Å². The third kappa shape index (κ3) is 2.92. The lowest BCUT2D eigenvalue weighted by molar-refractivity contribution is 0.648. The summed E-state index contributed by atoms with van der Waals surface area (Å²) in [6.07, 6.45) is 5.48. The van der Waals surface area contributed by atoms with Crippen molar-refractivity contribution in [1.29, 1.82) is 0 Å². The summed E-state index contributed by atoms with van der Waals surface area (Å²) in [7, 11) is -0.768. The van der Waals surface area contributed by atoms with Crippen molar-refractivity contribution in [2.24, 2.45) is 0 Å². The molecule has 0 aliphatic rings. The van der Waals surface area contributed by atoms with E-state index in [2.05, 4.69) is 21.4 Å². The highest BCUT2D eigenvalue weighted by atomic mass is 32.2. The van der Waals surface area contributed by atoms with Crippen LogP contribution in [0.1, 0.15) is 12.5 Å². The van der Waals surface area contributed by atoms with Gasteiger partial charge in [0.2, 0.25) is 0 Å². The van der Waals surface area contributed by atoms with Crippen molar-refractivity contribution in [3.05, 3.63) is 30.1 Å². The molecule has 0 saturated carbocycles. The zero-order valence-electron chi connectivity index (χ0n) is 10.1. The molecule has 0 saturated heterocycles. The molecule has 2 N–H and O–H groups in total. The predicted octanol–water partition coefficient (Wildman–Crippen LogP) is 1.42. The zero-order chi connectivity index (χ0) is 12.3. The number of H-pyrrole nitrogens is 1. The average molecular weight is 251 g/mol. The lowest BCUT2D eigenvalue weighted by Crippen LogP contribution is -2.27. The molecule has 0 spiro atoms. The van der Waals surface area contributed by atoms with E-state index in [0.717, 1.165) is 24.1 Å². The van der Waals surface area contributed by atoms with E-state index in [-0.39, 0.29) is 5.25 Å². The standard InChI is InChI=1S/C12H17N3OS/c1-9(17(2)16)6-13-7-10-8-15-12-11(10)4-3-5-14-12/h3-5,8-9,13H,6-7H2,1-2H3,(H,14,15). The lowest BCUT2D eigenvalue weighted by Gasteiger charge is -2.09. The van der Waals surface area contributed by atoms with Crippen LogP contribution in [0.4, 0.5) is 0 Å². The summed E-state index contributed by atoms with van der Waals surface area (Å²) in [4.78, 5) is 7.38. The van der Waals surface area contributed by atoms with Crippen LogP contribution >= 0.6 is 0 Å². The third-order valence-electron chi connectivity index (χ3n) is 2.85. The highest BCUT2D eigenvalue weighted by molar-refractivity contribution is 7.84. The summed E-state index contributed by atoms with van der Waals surface area (Å²) in [5.41, 5.74) is 2.11. The van der Waals surface area contributed by atoms with E-state index in [1.165, 1.54) is 5.56 Å². The van der Waals surface area contributed by atoms with E-state index < -0.39 is 10.8 Å². The minimum absolute atomic E-state index is 0.179. The molecular weight excluding hydrogens is 234 g/mol. The summed E-state index contributed by atoms with van der Waals surface area (Å²) in [6.45, 7) is 3.52. The molecule has 2 atom stereocenters. The molecule has 92 valence electrons. The summed E-state index contributed by atoms with van der Waals surface area (Å²) in [6, 6.07) is 3.99. The number of nitrogens with one attached hydrogen (secondary N) is 2. The topological polar surface area (TPSA) is 57.8 Å². The van der Waals surface area contributed by atoms with Crippen molar-refractivity contribution in [3.63, 3.8) is 0 Å². The van der Waals surface area contributed by atoms with Crippen molar-refractivity contribution in [2.45, 2.75) is 18.7 Å². The molecule has 0 fully saturated rings. The van der Waals surface area contributed by atoms with Gasteiger partial charge >= 0.3 is 0 Å². The molecule has 0 bridgehead atoms. The van der Waals surface area contributed by atoms with Gasteiger partial charge in [-0.1, -0.05) is 0 Å².